The number of aliphatic hydroxyl groups excluding tert-OH is 2. The molecule has 1 heterocycles. The highest BCUT2D eigenvalue weighted by molar-refractivity contribution is 6.22. The first-order valence-electron chi connectivity index (χ1n) is 17.3. The number of hydrogen-bond donors (Lipinski definition) is 4. The number of phenols is 1. The standard InChI is InChI=1S/C42H44N2O6/c1-2-9-28(24-29-14-21-34(46)22-15-29)16-23-38(47)39-30(27-50-35-12-7-4-8-13-35)25-36-40(37(39)26-45)42(49)44(41(36)48)33-19-17-32(18-20-33)43-31-10-5-3-6-11-31/h3-8,10-15,17-22,24,36-38,40,43,45-47H,2,9,16,23,25-27H2,1H3/b28-24+/t36-,37+,38-,40-/m1/s1. The molecular formula is C42H44N2O6. The SMILES string of the molecule is CCC/C(=C\c1ccc(O)cc1)CC[C@@H](O)C1=C(COc2ccccc2)C[C@H]2C(=O)N(c3ccc(Nc4ccccc4)cc3)C(=O)[C@H]2[C@H]1CO. The Hall–Kier alpha value is -5.18. The fraction of sp³-hybridized carbons (Fsp3) is 0.286. The lowest BCUT2D eigenvalue weighted by Crippen LogP contribution is -2.40. The summed E-state index contributed by atoms with van der Waals surface area (Å²) in [6.07, 6.45) is 4.12. The molecule has 0 unspecified atom stereocenters. The number of allylic oxidation sites excluding steroid dienone is 1. The molecule has 4 aromatic carbocycles. The summed E-state index contributed by atoms with van der Waals surface area (Å²) in [5.74, 6) is -2.05. The van der Waals surface area contributed by atoms with E-state index in [2.05, 4.69) is 18.3 Å². The van der Waals surface area contributed by atoms with E-state index < -0.39 is 23.9 Å². The second-order valence-electron chi connectivity index (χ2n) is 13.0. The van der Waals surface area contributed by atoms with Gasteiger partial charge in [-0.15, -0.1) is 0 Å². The third kappa shape index (κ3) is 7.83. The molecule has 4 N–H and O–H groups in total. The molecule has 1 aliphatic heterocycles. The van der Waals surface area contributed by atoms with Gasteiger partial charge in [-0.2, -0.15) is 0 Å². The predicted molar refractivity (Wildman–Crippen MR) is 196 cm³/mol. The molecule has 1 saturated heterocycles. The van der Waals surface area contributed by atoms with Crippen LogP contribution in [0.4, 0.5) is 17.1 Å². The fourth-order valence-corrected chi connectivity index (χ4v) is 7.29. The van der Waals surface area contributed by atoms with E-state index in [0.29, 0.717) is 29.9 Å². The number of rotatable bonds is 14. The van der Waals surface area contributed by atoms with Gasteiger partial charge in [-0.25, -0.2) is 0 Å². The molecule has 8 nitrogen and oxygen atoms in total. The molecule has 0 radical (unpaired) electrons. The van der Waals surface area contributed by atoms with Crippen LogP contribution in [-0.4, -0.2) is 46.5 Å². The first-order valence-corrected chi connectivity index (χ1v) is 17.3. The number of aromatic hydroxyl groups is 1. The number of ether oxygens (including phenoxy) is 1. The van der Waals surface area contributed by atoms with Crippen molar-refractivity contribution in [2.45, 2.75) is 45.1 Å². The second kappa shape index (κ2) is 16.0. The van der Waals surface area contributed by atoms with Gasteiger partial charge >= 0.3 is 0 Å². The number of carbonyl (C=O) groups excluding carboxylic acids is 2. The van der Waals surface area contributed by atoms with E-state index >= 15 is 0 Å². The van der Waals surface area contributed by atoms with Gasteiger partial charge in [0, 0.05) is 17.3 Å². The number of carbonyl (C=O) groups is 2. The maximum atomic E-state index is 14.1. The molecule has 0 bridgehead atoms. The molecule has 4 atom stereocenters. The van der Waals surface area contributed by atoms with Crippen molar-refractivity contribution in [1.82, 2.24) is 0 Å². The van der Waals surface area contributed by atoms with E-state index in [1.54, 1.807) is 24.3 Å². The van der Waals surface area contributed by atoms with Crippen LogP contribution < -0.4 is 15.0 Å². The predicted octanol–water partition coefficient (Wildman–Crippen LogP) is 7.65. The Balaban J connectivity index is 1.26. The van der Waals surface area contributed by atoms with Gasteiger partial charge in [-0.3, -0.25) is 14.5 Å². The van der Waals surface area contributed by atoms with E-state index in [-0.39, 0.29) is 37.2 Å². The lowest BCUT2D eigenvalue weighted by Gasteiger charge is -2.36. The molecule has 1 aliphatic carbocycles. The number of nitrogens with one attached hydrogen (secondary N) is 1. The largest absolute Gasteiger partial charge is 0.508 e. The average Bonchev–Trinajstić information content (AvgIpc) is 3.39. The van der Waals surface area contributed by atoms with Crippen LogP contribution in [0.15, 0.2) is 126 Å². The third-order valence-electron chi connectivity index (χ3n) is 9.66. The number of hydrogen-bond acceptors (Lipinski definition) is 7. The van der Waals surface area contributed by atoms with E-state index in [9.17, 15) is 24.9 Å². The summed E-state index contributed by atoms with van der Waals surface area (Å²) in [6, 6.07) is 33.3. The molecule has 2 amide bonds. The number of nitrogens with zero attached hydrogens (tertiary/aromatic N) is 1. The van der Waals surface area contributed by atoms with Crippen LogP contribution in [0.5, 0.6) is 11.5 Å². The van der Waals surface area contributed by atoms with Gasteiger partial charge in [0.05, 0.1) is 30.2 Å². The summed E-state index contributed by atoms with van der Waals surface area (Å²) in [6.45, 7) is 1.84. The molecule has 0 saturated carbocycles. The Bertz CT molecular complexity index is 1820. The summed E-state index contributed by atoms with van der Waals surface area (Å²) in [5.41, 5.74) is 5.66. The van der Waals surface area contributed by atoms with Crippen molar-refractivity contribution in [1.29, 1.82) is 0 Å². The van der Waals surface area contributed by atoms with E-state index in [1.807, 2.05) is 84.9 Å². The number of phenolic OH excluding ortho intramolecular Hbond substituents is 1. The summed E-state index contributed by atoms with van der Waals surface area (Å²) < 4.78 is 6.16. The third-order valence-corrected chi connectivity index (χ3v) is 9.66. The van der Waals surface area contributed by atoms with Gasteiger partial charge in [-0.1, -0.05) is 73.5 Å². The minimum Gasteiger partial charge on any atom is -0.508 e. The lowest BCUT2D eigenvalue weighted by molar-refractivity contribution is -0.123. The second-order valence-corrected chi connectivity index (χ2v) is 13.0. The first-order chi connectivity index (χ1) is 24.4. The molecule has 2 aliphatic rings. The van der Waals surface area contributed by atoms with Crippen LogP contribution in [0.2, 0.25) is 0 Å². The Morgan fingerprint density at radius 3 is 2.20 bits per heavy atom. The minimum absolute atomic E-state index is 0.128. The van der Waals surface area contributed by atoms with E-state index in [0.717, 1.165) is 40.9 Å². The van der Waals surface area contributed by atoms with Crippen molar-refractivity contribution in [3.05, 3.63) is 131 Å². The summed E-state index contributed by atoms with van der Waals surface area (Å²) in [4.78, 5) is 29.4. The first kappa shape index (κ1) is 34.7. The molecular weight excluding hydrogens is 628 g/mol. The maximum Gasteiger partial charge on any atom is 0.238 e. The van der Waals surface area contributed by atoms with Gasteiger partial charge in [0.2, 0.25) is 11.8 Å². The highest BCUT2D eigenvalue weighted by Crippen LogP contribution is 2.47. The van der Waals surface area contributed by atoms with Crippen LogP contribution in [0, 0.1) is 17.8 Å². The summed E-state index contributed by atoms with van der Waals surface area (Å²) in [5, 5.41) is 35.8. The van der Waals surface area contributed by atoms with Crippen molar-refractivity contribution in [3.63, 3.8) is 0 Å². The van der Waals surface area contributed by atoms with Crippen molar-refractivity contribution in [2.75, 3.05) is 23.4 Å². The van der Waals surface area contributed by atoms with E-state index in [4.69, 9.17) is 4.74 Å². The van der Waals surface area contributed by atoms with Crippen molar-refractivity contribution in [2.24, 2.45) is 17.8 Å². The van der Waals surface area contributed by atoms with Crippen LogP contribution in [0.1, 0.15) is 44.6 Å². The van der Waals surface area contributed by atoms with Crippen molar-refractivity contribution in [3.8, 4) is 11.5 Å². The molecule has 0 spiro atoms. The molecule has 6 rings (SSSR count). The zero-order valence-electron chi connectivity index (χ0n) is 28.2. The fourth-order valence-electron chi connectivity index (χ4n) is 7.29. The topological polar surface area (TPSA) is 119 Å². The molecule has 50 heavy (non-hydrogen) atoms. The Labute approximate surface area is 293 Å². The number of benzene rings is 4. The van der Waals surface area contributed by atoms with Gasteiger partial charge < -0.3 is 25.4 Å². The maximum absolute atomic E-state index is 14.1. The van der Waals surface area contributed by atoms with Gasteiger partial charge in [0.1, 0.15) is 18.1 Å². The summed E-state index contributed by atoms with van der Waals surface area (Å²) >= 11 is 0. The van der Waals surface area contributed by atoms with E-state index in [1.165, 1.54) is 4.90 Å². The Morgan fingerprint density at radius 1 is 0.880 bits per heavy atom. The molecule has 258 valence electrons. The highest BCUT2D eigenvalue weighted by atomic mass is 16.5. The summed E-state index contributed by atoms with van der Waals surface area (Å²) in [7, 11) is 0. The highest BCUT2D eigenvalue weighted by Gasteiger charge is 2.55. The van der Waals surface area contributed by atoms with Crippen molar-refractivity contribution >= 4 is 35.0 Å². The molecule has 8 heteroatoms. The Morgan fingerprint density at radius 2 is 1.54 bits per heavy atom. The van der Waals surface area contributed by atoms with Crippen LogP contribution in [0.25, 0.3) is 6.08 Å². The Kier molecular flexibility index (Phi) is 11.1. The normalized spacial score (nSPS) is 19.8. The van der Waals surface area contributed by atoms with Gasteiger partial charge in [0.25, 0.3) is 0 Å². The molecule has 0 aromatic heterocycles. The number of imide groups is 1. The van der Waals surface area contributed by atoms with Gasteiger partial charge in [-0.05, 0) is 103 Å². The monoisotopic (exact) mass is 672 g/mol. The van der Waals surface area contributed by atoms with Crippen LogP contribution in [-0.2, 0) is 9.59 Å². The zero-order valence-corrected chi connectivity index (χ0v) is 28.2. The molecule has 4 aromatic rings. The number of amides is 2. The lowest BCUT2D eigenvalue weighted by atomic mass is 9.68. The number of para-hydroxylation sites is 2. The van der Waals surface area contributed by atoms with Gasteiger partial charge in [0.15, 0.2) is 0 Å². The number of fused-ring (bicyclic) bond motifs is 1. The van der Waals surface area contributed by atoms with Crippen LogP contribution in [0.3, 0.4) is 0 Å². The number of anilines is 3. The average molecular weight is 673 g/mol. The molecule has 1 fully saturated rings. The number of aliphatic hydroxyl groups is 2. The smallest absolute Gasteiger partial charge is 0.238 e. The quantitative estimate of drug-likeness (QED) is 0.0803. The van der Waals surface area contributed by atoms with Crippen LogP contribution >= 0.6 is 0 Å². The van der Waals surface area contributed by atoms with Crippen molar-refractivity contribution < 1.29 is 29.6 Å². The minimum atomic E-state index is -0.956. The zero-order chi connectivity index (χ0) is 35.0.